The topological polar surface area (TPSA) is 73.6 Å². The number of benzene rings is 1. The SMILES string of the molecule is Nc1cc2c(cc1NC(=O)c1ccsc1)OCO2. The highest BCUT2D eigenvalue weighted by atomic mass is 32.1. The van der Waals surface area contributed by atoms with Crippen LogP contribution in [0.3, 0.4) is 0 Å². The molecular weight excluding hydrogens is 252 g/mol. The molecule has 6 heteroatoms. The van der Waals surface area contributed by atoms with Crippen LogP contribution in [0.5, 0.6) is 11.5 Å². The minimum absolute atomic E-state index is 0.177. The highest BCUT2D eigenvalue weighted by Gasteiger charge is 2.17. The molecule has 0 saturated carbocycles. The summed E-state index contributed by atoms with van der Waals surface area (Å²) in [6.07, 6.45) is 0. The Morgan fingerprint density at radius 1 is 1.33 bits per heavy atom. The second kappa shape index (κ2) is 4.23. The molecule has 92 valence electrons. The lowest BCUT2D eigenvalue weighted by atomic mass is 10.2. The molecule has 0 fully saturated rings. The molecule has 0 atom stereocenters. The molecule has 1 aliphatic rings. The molecule has 2 heterocycles. The van der Waals surface area contributed by atoms with Crippen LogP contribution in [0.2, 0.25) is 0 Å². The fourth-order valence-corrected chi connectivity index (χ4v) is 2.29. The van der Waals surface area contributed by atoms with Gasteiger partial charge in [0, 0.05) is 17.5 Å². The van der Waals surface area contributed by atoms with Crippen molar-refractivity contribution >= 4 is 28.6 Å². The van der Waals surface area contributed by atoms with Crippen LogP contribution in [0, 0.1) is 0 Å². The monoisotopic (exact) mass is 262 g/mol. The molecule has 1 aromatic heterocycles. The Labute approximate surface area is 107 Å². The summed E-state index contributed by atoms with van der Waals surface area (Å²) in [6.45, 7) is 0.177. The third-order valence-electron chi connectivity index (χ3n) is 2.58. The van der Waals surface area contributed by atoms with Crippen molar-refractivity contribution in [2.75, 3.05) is 17.8 Å². The molecule has 1 amide bonds. The van der Waals surface area contributed by atoms with Gasteiger partial charge in [-0.25, -0.2) is 0 Å². The van der Waals surface area contributed by atoms with Gasteiger partial charge in [-0.1, -0.05) is 0 Å². The van der Waals surface area contributed by atoms with Crippen LogP contribution in [0.15, 0.2) is 29.0 Å². The average molecular weight is 262 g/mol. The van der Waals surface area contributed by atoms with Gasteiger partial charge in [-0.2, -0.15) is 11.3 Å². The van der Waals surface area contributed by atoms with E-state index in [-0.39, 0.29) is 12.7 Å². The predicted octanol–water partition coefficient (Wildman–Crippen LogP) is 2.31. The fraction of sp³-hybridized carbons (Fsp3) is 0.0833. The largest absolute Gasteiger partial charge is 0.454 e. The van der Waals surface area contributed by atoms with Crippen molar-refractivity contribution in [2.24, 2.45) is 0 Å². The lowest BCUT2D eigenvalue weighted by Gasteiger charge is -2.08. The van der Waals surface area contributed by atoms with Crippen LogP contribution >= 0.6 is 11.3 Å². The van der Waals surface area contributed by atoms with Crippen LogP contribution in [-0.4, -0.2) is 12.7 Å². The summed E-state index contributed by atoms with van der Waals surface area (Å²) in [5, 5.41) is 6.37. The van der Waals surface area contributed by atoms with Crippen LogP contribution in [-0.2, 0) is 0 Å². The number of hydrogen-bond acceptors (Lipinski definition) is 5. The number of carbonyl (C=O) groups excluding carboxylic acids is 1. The van der Waals surface area contributed by atoms with Gasteiger partial charge in [0.15, 0.2) is 11.5 Å². The van der Waals surface area contributed by atoms with E-state index in [1.165, 1.54) is 11.3 Å². The Kier molecular flexibility index (Phi) is 2.56. The van der Waals surface area contributed by atoms with Crippen molar-refractivity contribution in [3.63, 3.8) is 0 Å². The van der Waals surface area contributed by atoms with Crippen LogP contribution in [0.4, 0.5) is 11.4 Å². The molecule has 0 bridgehead atoms. The quantitative estimate of drug-likeness (QED) is 0.814. The summed E-state index contributed by atoms with van der Waals surface area (Å²) in [5.41, 5.74) is 7.43. The number of ether oxygens (including phenoxy) is 2. The van der Waals surface area contributed by atoms with E-state index in [0.717, 1.165) is 0 Å². The number of thiophene rings is 1. The Morgan fingerprint density at radius 2 is 2.11 bits per heavy atom. The normalized spacial score (nSPS) is 12.4. The first-order valence-corrected chi connectivity index (χ1v) is 6.21. The van der Waals surface area contributed by atoms with E-state index in [9.17, 15) is 4.79 Å². The molecule has 1 aromatic carbocycles. The number of amides is 1. The van der Waals surface area contributed by atoms with E-state index in [1.54, 1.807) is 23.6 Å². The summed E-state index contributed by atoms with van der Waals surface area (Å²) in [6, 6.07) is 5.07. The minimum atomic E-state index is -0.193. The van der Waals surface area contributed by atoms with E-state index in [2.05, 4.69) is 5.32 Å². The number of nitrogens with two attached hydrogens (primary N) is 1. The van der Waals surface area contributed by atoms with E-state index >= 15 is 0 Å². The number of nitrogen functional groups attached to an aromatic ring is 1. The van der Waals surface area contributed by atoms with Crippen molar-refractivity contribution < 1.29 is 14.3 Å². The molecule has 0 radical (unpaired) electrons. The molecule has 5 nitrogen and oxygen atoms in total. The van der Waals surface area contributed by atoms with Gasteiger partial charge in [-0.3, -0.25) is 4.79 Å². The Hall–Kier alpha value is -2.21. The number of nitrogens with one attached hydrogen (secondary N) is 1. The third kappa shape index (κ3) is 1.86. The molecule has 2 aromatic rings. The van der Waals surface area contributed by atoms with Crippen LogP contribution in [0.1, 0.15) is 10.4 Å². The summed E-state index contributed by atoms with van der Waals surface area (Å²) >= 11 is 1.47. The molecule has 1 aliphatic heterocycles. The Balaban J connectivity index is 1.87. The van der Waals surface area contributed by atoms with Gasteiger partial charge in [0.2, 0.25) is 6.79 Å². The summed E-state index contributed by atoms with van der Waals surface area (Å²) in [4.78, 5) is 11.9. The lowest BCUT2D eigenvalue weighted by molar-refractivity contribution is 0.102. The molecule has 3 N–H and O–H groups in total. The minimum Gasteiger partial charge on any atom is -0.454 e. The highest BCUT2D eigenvalue weighted by Crippen LogP contribution is 2.38. The fourth-order valence-electron chi connectivity index (χ4n) is 1.65. The molecule has 3 rings (SSSR count). The second-order valence-corrected chi connectivity index (χ2v) is 4.54. The molecule has 0 spiro atoms. The van der Waals surface area contributed by atoms with Gasteiger partial charge >= 0.3 is 0 Å². The highest BCUT2D eigenvalue weighted by molar-refractivity contribution is 7.08. The molecule has 18 heavy (non-hydrogen) atoms. The van der Waals surface area contributed by atoms with E-state index < -0.39 is 0 Å². The summed E-state index contributed by atoms with van der Waals surface area (Å²) < 4.78 is 10.4. The van der Waals surface area contributed by atoms with Gasteiger partial charge in [0.05, 0.1) is 16.9 Å². The molecule has 0 aliphatic carbocycles. The van der Waals surface area contributed by atoms with Crippen LogP contribution in [0.25, 0.3) is 0 Å². The van der Waals surface area contributed by atoms with Gasteiger partial charge in [-0.05, 0) is 11.4 Å². The van der Waals surface area contributed by atoms with Crippen LogP contribution < -0.4 is 20.5 Å². The van der Waals surface area contributed by atoms with Crippen molar-refractivity contribution in [3.05, 3.63) is 34.5 Å². The first-order valence-electron chi connectivity index (χ1n) is 5.27. The van der Waals surface area contributed by atoms with Crippen molar-refractivity contribution in [1.82, 2.24) is 0 Å². The van der Waals surface area contributed by atoms with Crippen molar-refractivity contribution in [1.29, 1.82) is 0 Å². The first kappa shape index (κ1) is 10.9. The number of hydrogen-bond donors (Lipinski definition) is 2. The zero-order valence-electron chi connectivity index (χ0n) is 9.30. The van der Waals surface area contributed by atoms with Crippen molar-refractivity contribution in [2.45, 2.75) is 0 Å². The van der Waals surface area contributed by atoms with Gasteiger partial charge in [0.25, 0.3) is 5.91 Å². The Bertz CT molecular complexity index is 596. The maximum absolute atomic E-state index is 11.9. The third-order valence-corrected chi connectivity index (χ3v) is 3.26. The standard InChI is InChI=1S/C12H10N2O3S/c13-8-3-10-11(17-6-16-10)4-9(8)14-12(15)7-1-2-18-5-7/h1-5H,6,13H2,(H,14,15). The maximum atomic E-state index is 11.9. The molecular formula is C12H10N2O3S. The summed E-state index contributed by atoms with van der Waals surface area (Å²) in [5.74, 6) is 0.993. The predicted molar refractivity (Wildman–Crippen MR) is 69.2 cm³/mol. The number of anilines is 2. The van der Waals surface area contributed by atoms with Gasteiger partial charge in [-0.15, -0.1) is 0 Å². The lowest BCUT2D eigenvalue weighted by Crippen LogP contribution is -2.12. The second-order valence-electron chi connectivity index (χ2n) is 3.76. The zero-order chi connectivity index (χ0) is 12.5. The average Bonchev–Trinajstić information content (AvgIpc) is 2.98. The number of carbonyl (C=O) groups is 1. The van der Waals surface area contributed by atoms with Gasteiger partial charge < -0.3 is 20.5 Å². The van der Waals surface area contributed by atoms with E-state index in [0.29, 0.717) is 28.4 Å². The summed E-state index contributed by atoms with van der Waals surface area (Å²) in [7, 11) is 0. The molecule has 0 unspecified atom stereocenters. The van der Waals surface area contributed by atoms with E-state index in [1.807, 2.05) is 5.38 Å². The first-order chi connectivity index (χ1) is 8.74. The smallest absolute Gasteiger partial charge is 0.256 e. The number of rotatable bonds is 2. The van der Waals surface area contributed by atoms with Crippen molar-refractivity contribution in [3.8, 4) is 11.5 Å². The Morgan fingerprint density at radius 3 is 2.83 bits per heavy atom. The molecule has 0 saturated heterocycles. The maximum Gasteiger partial charge on any atom is 0.256 e. The zero-order valence-corrected chi connectivity index (χ0v) is 10.1. The van der Waals surface area contributed by atoms with E-state index in [4.69, 9.17) is 15.2 Å². The number of fused-ring (bicyclic) bond motifs is 1. The van der Waals surface area contributed by atoms with Gasteiger partial charge in [0.1, 0.15) is 0 Å².